The van der Waals surface area contributed by atoms with Gasteiger partial charge < -0.3 is 14.4 Å². The second-order valence-corrected chi connectivity index (χ2v) is 5.54. The van der Waals surface area contributed by atoms with Crippen LogP contribution in [0.2, 0.25) is 0 Å². The molecule has 4 heteroatoms. The van der Waals surface area contributed by atoms with Gasteiger partial charge in [-0.3, -0.25) is 0 Å². The zero-order valence-electron chi connectivity index (χ0n) is 12.9. The maximum Gasteiger partial charge on any atom is 0.120 e. The highest BCUT2D eigenvalue weighted by molar-refractivity contribution is 5.83. The van der Waals surface area contributed by atoms with E-state index < -0.39 is 6.10 Å². The number of ether oxygens (including phenoxy) is 1. The normalized spacial score (nSPS) is 12.5. The van der Waals surface area contributed by atoms with Crippen LogP contribution in [0.5, 0.6) is 5.75 Å². The van der Waals surface area contributed by atoms with Crippen molar-refractivity contribution in [1.82, 2.24) is 9.55 Å². The molecular formula is C18H20N2O2. The van der Waals surface area contributed by atoms with Crippen LogP contribution in [-0.2, 0) is 6.54 Å². The second kappa shape index (κ2) is 6.20. The topological polar surface area (TPSA) is 47.3 Å². The Morgan fingerprint density at radius 2 is 1.91 bits per heavy atom. The van der Waals surface area contributed by atoms with Gasteiger partial charge >= 0.3 is 0 Å². The van der Waals surface area contributed by atoms with Gasteiger partial charge in [0.05, 0.1) is 18.6 Å². The predicted octanol–water partition coefficient (Wildman–Crippen LogP) is 3.09. The lowest BCUT2D eigenvalue weighted by Crippen LogP contribution is -2.23. The van der Waals surface area contributed by atoms with Crippen molar-refractivity contribution in [2.24, 2.45) is 0 Å². The van der Waals surface area contributed by atoms with E-state index >= 15 is 0 Å². The highest BCUT2D eigenvalue weighted by atomic mass is 16.5. The second-order valence-electron chi connectivity index (χ2n) is 5.54. The first-order valence-corrected chi connectivity index (χ1v) is 7.41. The first-order valence-electron chi connectivity index (χ1n) is 7.41. The van der Waals surface area contributed by atoms with E-state index in [0.717, 1.165) is 22.5 Å². The van der Waals surface area contributed by atoms with Crippen molar-refractivity contribution in [3.05, 3.63) is 60.2 Å². The summed E-state index contributed by atoms with van der Waals surface area (Å²) in [6.45, 7) is 4.71. The van der Waals surface area contributed by atoms with Gasteiger partial charge in [0, 0.05) is 5.69 Å². The Kier molecular flexibility index (Phi) is 4.11. The summed E-state index contributed by atoms with van der Waals surface area (Å²) in [4.78, 5) is 4.23. The molecule has 2 aromatic carbocycles. The lowest BCUT2D eigenvalue weighted by atomic mass is 10.1. The van der Waals surface area contributed by atoms with E-state index in [-0.39, 0.29) is 6.61 Å². The monoisotopic (exact) mass is 296 g/mol. The van der Waals surface area contributed by atoms with Crippen LogP contribution in [0.25, 0.3) is 10.8 Å². The van der Waals surface area contributed by atoms with Crippen molar-refractivity contribution in [3.63, 3.8) is 0 Å². The number of aryl methyl sites for hydroxylation is 1. The zero-order valence-corrected chi connectivity index (χ0v) is 12.9. The molecule has 1 N–H and O–H groups in total. The average Bonchev–Trinajstić information content (AvgIpc) is 2.85. The third-order valence-electron chi connectivity index (χ3n) is 3.92. The summed E-state index contributed by atoms with van der Waals surface area (Å²) in [6, 6.07) is 14.1. The van der Waals surface area contributed by atoms with E-state index in [1.54, 1.807) is 6.33 Å². The van der Waals surface area contributed by atoms with Gasteiger partial charge in [-0.2, -0.15) is 0 Å². The van der Waals surface area contributed by atoms with Crippen LogP contribution in [0.4, 0.5) is 0 Å². The molecule has 1 atom stereocenters. The van der Waals surface area contributed by atoms with E-state index in [0.29, 0.717) is 6.54 Å². The third-order valence-corrected chi connectivity index (χ3v) is 3.92. The van der Waals surface area contributed by atoms with E-state index in [1.807, 2.05) is 48.7 Å². The number of fused-ring (bicyclic) bond motifs is 1. The van der Waals surface area contributed by atoms with Crippen LogP contribution >= 0.6 is 0 Å². The molecule has 0 amide bonds. The number of rotatable bonds is 5. The van der Waals surface area contributed by atoms with E-state index in [9.17, 15) is 5.11 Å². The first-order chi connectivity index (χ1) is 10.6. The molecule has 22 heavy (non-hydrogen) atoms. The largest absolute Gasteiger partial charge is 0.491 e. The molecular weight excluding hydrogens is 276 g/mol. The van der Waals surface area contributed by atoms with Crippen LogP contribution in [0, 0.1) is 13.8 Å². The molecule has 0 radical (unpaired) electrons. The standard InChI is InChI=1S/C18H20N2O2/c1-13-14(2)20(12-19-13)10-17(21)11-22-18-8-7-15-5-3-4-6-16(15)9-18/h3-9,12,17,21H,10-11H2,1-2H3. The summed E-state index contributed by atoms with van der Waals surface area (Å²) in [5, 5.41) is 12.5. The van der Waals surface area contributed by atoms with Crippen molar-refractivity contribution in [1.29, 1.82) is 0 Å². The maximum atomic E-state index is 10.1. The number of imidazole rings is 1. The minimum absolute atomic E-state index is 0.259. The Bertz CT molecular complexity index is 780. The van der Waals surface area contributed by atoms with Crippen molar-refractivity contribution in [2.75, 3.05) is 6.61 Å². The van der Waals surface area contributed by atoms with E-state index in [4.69, 9.17) is 4.74 Å². The van der Waals surface area contributed by atoms with Crippen molar-refractivity contribution >= 4 is 10.8 Å². The van der Waals surface area contributed by atoms with Crippen LogP contribution < -0.4 is 4.74 Å². The molecule has 1 heterocycles. The van der Waals surface area contributed by atoms with Crippen molar-refractivity contribution < 1.29 is 9.84 Å². The summed E-state index contributed by atoms with van der Waals surface area (Å²) in [6.07, 6.45) is 1.18. The molecule has 0 fully saturated rings. The number of benzene rings is 2. The zero-order chi connectivity index (χ0) is 15.5. The van der Waals surface area contributed by atoms with Gasteiger partial charge in [-0.15, -0.1) is 0 Å². The summed E-state index contributed by atoms with van der Waals surface area (Å²) in [5.41, 5.74) is 2.06. The lowest BCUT2D eigenvalue weighted by molar-refractivity contribution is 0.0920. The SMILES string of the molecule is Cc1ncn(CC(O)COc2ccc3ccccc3c2)c1C. The molecule has 0 saturated carbocycles. The molecule has 1 aromatic heterocycles. The van der Waals surface area contributed by atoms with Crippen molar-refractivity contribution in [3.8, 4) is 5.75 Å². The Labute approximate surface area is 130 Å². The average molecular weight is 296 g/mol. The number of hydrogen-bond acceptors (Lipinski definition) is 3. The quantitative estimate of drug-likeness (QED) is 0.787. The number of nitrogens with zero attached hydrogens (tertiary/aromatic N) is 2. The minimum Gasteiger partial charge on any atom is -0.491 e. The predicted molar refractivity (Wildman–Crippen MR) is 87.2 cm³/mol. The molecule has 0 aliphatic heterocycles. The molecule has 3 aromatic rings. The fourth-order valence-corrected chi connectivity index (χ4v) is 2.46. The van der Waals surface area contributed by atoms with Gasteiger partial charge in [0.25, 0.3) is 0 Å². The van der Waals surface area contributed by atoms with Gasteiger partial charge in [0.2, 0.25) is 0 Å². The van der Waals surface area contributed by atoms with Crippen LogP contribution in [0.15, 0.2) is 48.8 Å². The first kappa shape index (κ1) is 14.6. The highest BCUT2D eigenvalue weighted by Crippen LogP contribution is 2.20. The molecule has 0 saturated heterocycles. The van der Waals surface area contributed by atoms with E-state index in [2.05, 4.69) is 17.1 Å². The lowest BCUT2D eigenvalue weighted by Gasteiger charge is -2.14. The number of aromatic nitrogens is 2. The summed E-state index contributed by atoms with van der Waals surface area (Å²) < 4.78 is 7.66. The molecule has 0 spiro atoms. The van der Waals surface area contributed by atoms with Gasteiger partial charge in [-0.1, -0.05) is 30.3 Å². The van der Waals surface area contributed by atoms with E-state index in [1.165, 1.54) is 5.39 Å². The molecule has 114 valence electrons. The fraction of sp³-hybridized carbons (Fsp3) is 0.278. The van der Waals surface area contributed by atoms with Gasteiger partial charge in [-0.25, -0.2) is 4.98 Å². The Morgan fingerprint density at radius 1 is 1.14 bits per heavy atom. The maximum absolute atomic E-state index is 10.1. The molecule has 0 bridgehead atoms. The van der Waals surface area contributed by atoms with Crippen LogP contribution in [0.3, 0.4) is 0 Å². The Morgan fingerprint density at radius 3 is 2.64 bits per heavy atom. The Hall–Kier alpha value is -2.33. The number of aliphatic hydroxyl groups is 1. The fourth-order valence-electron chi connectivity index (χ4n) is 2.46. The van der Waals surface area contributed by atoms with Gasteiger partial charge in [0.15, 0.2) is 0 Å². The molecule has 0 aliphatic carbocycles. The molecule has 0 aliphatic rings. The summed E-state index contributed by atoms with van der Waals surface area (Å²) >= 11 is 0. The molecule has 3 rings (SSSR count). The van der Waals surface area contributed by atoms with Crippen LogP contribution in [0.1, 0.15) is 11.4 Å². The minimum atomic E-state index is -0.571. The highest BCUT2D eigenvalue weighted by Gasteiger charge is 2.10. The Balaban J connectivity index is 1.62. The number of hydrogen-bond donors (Lipinski definition) is 1. The summed E-state index contributed by atoms with van der Waals surface area (Å²) in [5.74, 6) is 0.774. The van der Waals surface area contributed by atoms with Crippen LogP contribution in [-0.4, -0.2) is 27.4 Å². The third kappa shape index (κ3) is 3.12. The number of aliphatic hydroxyl groups excluding tert-OH is 1. The smallest absolute Gasteiger partial charge is 0.120 e. The van der Waals surface area contributed by atoms with Crippen molar-refractivity contribution in [2.45, 2.75) is 26.5 Å². The van der Waals surface area contributed by atoms with Gasteiger partial charge in [0.1, 0.15) is 18.5 Å². The summed E-state index contributed by atoms with van der Waals surface area (Å²) in [7, 11) is 0. The van der Waals surface area contributed by atoms with Gasteiger partial charge in [-0.05, 0) is 36.8 Å². The molecule has 4 nitrogen and oxygen atoms in total. The molecule has 1 unspecified atom stereocenters.